The molecule has 21 saturated heterocycles. The molecule has 0 aromatic rings. The van der Waals surface area contributed by atoms with Crippen LogP contribution in [-0.4, -0.2) is 374 Å². The van der Waals surface area contributed by atoms with E-state index in [0.717, 1.165) is 13.0 Å². The lowest BCUT2D eigenvalue weighted by molar-refractivity contribution is -0.396. The van der Waals surface area contributed by atoms with E-state index in [4.69, 9.17) is 71.4 Å². The molecule has 0 aromatic carbocycles. The molecule has 0 aliphatic carbocycles. The molecular weight excluding hydrogens is 1120 g/mol. The lowest BCUT2D eigenvalue weighted by atomic mass is 9.95. The third-order valence-electron chi connectivity index (χ3n) is 15.0. The van der Waals surface area contributed by atoms with Gasteiger partial charge in [0.2, 0.25) is 0 Å². The first-order valence-corrected chi connectivity index (χ1v) is 26.0. The second kappa shape index (κ2) is 29.5. The minimum absolute atomic E-state index is 0.750. The predicted octanol–water partition coefficient (Wildman–Crippen LogP) is -14.3. The van der Waals surface area contributed by atoms with Crippen molar-refractivity contribution in [2.24, 2.45) is 0 Å². The predicted molar refractivity (Wildman–Crippen MR) is 245 cm³/mol. The Balaban J connectivity index is 0.00000229. The van der Waals surface area contributed by atoms with Gasteiger partial charge in [0.25, 0.3) is 0 Å². The van der Waals surface area contributed by atoms with Gasteiger partial charge in [0.15, 0.2) is 44.0 Å². The fraction of sp³-hybridized carbons (Fsp3) is 0.978. The second-order valence-corrected chi connectivity index (χ2v) is 20.2. The van der Waals surface area contributed by atoms with E-state index in [1.54, 1.807) is 0 Å². The van der Waals surface area contributed by atoms with Crippen molar-refractivity contribution in [2.45, 2.75) is 228 Å². The van der Waals surface area contributed by atoms with Gasteiger partial charge in [-0.3, -0.25) is 0 Å². The van der Waals surface area contributed by atoms with E-state index in [2.05, 4.69) is 0 Å². The van der Waals surface area contributed by atoms with Crippen LogP contribution in [0.5, 0.6) is 0 Å². The fourth-order valence-corrected chi connectivity index (χ4v) is 10.4. The van der Waals surface area contributed by atoms with E-state index >= 15 is 0 Å². The van der Waals surface area contributed by atoms with Crippen LogP contribution in [0.2, 0.25) is 0 Å². The minimum atomic E-state index is -2.21. The molecule has 21 rings (SSSR count). The molecule has 0 aromatic heterocycles. The van der Waals surface area contributed by atoms with E-state index in [0.29, 0.717) is 0 Å². The Bertz CT molecular complexity index is 1500. The van der Waals surface area contributed by atoms with Crippen LogP contribution in [-0.2, 0) is 66.3 Å². The van der Waals surface area contributed by atoms with Gasteiger partial charge in [0, 0.05) is 0 Å². The normalized spacial score (nSPS) is 53.0. The average molecular weight is 1190 g/mol. The molecule has 0 saturated carbocycles. The van der Waals surface area contributed by atoms with Crippen molar-refractivity contribution in [1.82, 2.24) is 0 Å². The van der Waals surface area contributed by atoms with Crippen molar-refractivity contribution in [3.8, 4) is 0 Å². The first kappa shape index (κ1) is 67.1. The van der Waals surface area contributed by atoms with E-state index < -0.39 is 261 Å². The quantitative estimate of drug-likeness (QED) is 0.107. The van der Waals surface area contributed by atoms with Crippen molar-refractivity contribution in [1.29, 1.82) is 0 Å². The van der Waals surface area contributed by atoms with Crippen molar-refractivity contribution >= 4 is 0 Å². The zero-order valence-corrected chi connectivity index (χ0v) is 43.0. The lowest BCUT2D eigenvalue weighted by Gasteiger charge is -2.50. The average Bonchev–Trinajstić information content (AvgIpc) is 3.66. The van der Waals surface area contributed by atoms with Gasteiger partial charge in [-0.05, 0) is 6.42 Å². The van der Waals surface area contributed by atoms with Crippen LogP contribution in [0.4, 0.5) is 0 Å². The molecule has 21 fully saturated rings. The Labute approximate surface area is 459 Å². The third kappa shape index (κ3) is 14.0. The summed E-state index contributed by atoms with van der Waals surface area (Å²) in [6, 6.07) is 0. The molecular formula is C45H77O36. The molecule has 35 atom stereocenters. The summed E-state index contributed by atoms with van der Waals surface area (Å²) >= 11 is 0. The standard InChI is InChI=1S/C42H70O35.C3H7O/c43-1-8-29-15(50)22(57)36(64-8)72-30-9(2-44)66-38(24(59)17(30)52)74-32-11(4-46)68-40(26(61)19(32)54)76-34-13(6-48)70-42(28(63)21(34)56)77-35-14(7-49)69-41(27(62)20(35)55)75-33-12(5-47)67-39(25(60)18(33)53)73-31-10(3-45)65-37(71-29)23(58)16(31)51;1-2-3-4/h8-63H,1-7H2;3-4H,2H2,1H3/t8-,9-,10-,11-,12-,13-,14-,15-,16-,17-,18-,19-,20-,21-,22-,23-,24-,25-,26-,27-,28-,29-,30-,31-,32-,33-,34-,35-,36-,37-,38-,39-,40-,41-,42-;/m1./s1. The van der Waals surface area contributed by atoms with E-state index in [1.807, 2.05) is 6.92 Å². The molecule has 1 radical (unpaired) electrons. The summed E-state index contributed by atoms with van der Waals surface area (Å²) in [4.78, 5) is 0. The molecule has 81 heavy (non-hydrogen) atoms. The minimum Gasteiger partial charge on any atom is -0.394 e. The van der Waals surface area contributed by atoms with Crippen molar-refractivity contribution in [2.75, 3.05) is 46.2 Å². The first-order valence-electron chi connectivity index (χ1n) is 26.0. The van der Waals surface area contributed by atoms with Crippen LogP contribution < -0.4 is 0 Å². The Hall–Kier alpha value is -1.44. The summed E-state index contributed by atoms with van der Waals surface area (Å²) in [7, 11) is 0. The number of hydrogen-bond donors (Lipinski definition) is 22. The van der Waals surface area contributed by atoms with Gasteiger partial charge < -0.3 is 179 Å². The molecule has 0 amide bonds. The molecule has 21 heterocycles. The molecule has 36 nitrogen and oxygen atoms in total. The second-order valence-electron chi connectivity index (χ2n) is 20.2. The van der Waals surface area contributed by atoms with Crippen LogP contribution >= 0.6 is 0 Å². The number of aliphatic hydroxyl groups excluding tert-OH is 22. The molecule has 21 aliphatic heterocycles. The largest absolute Gasteiger partial charge is 0.394 e. The van der Waals surface area contributed by atoms with Gasteiger partial charge in [-0.25, -0.2) is 0 Å². The number of aliphatic hydroxyl groups is 22. The highest BCUT2D eigenvalue weighted by Crippen LogP contribution is 2.39. The summed E-state index contributed by atoms with van der Waals surface area (Å²) < 4.78 is 79.5. The van der Waals surface area contributed by atoms with Crippen molar-refractivity contribution in [3.05, 3.63) is 6.61 Å². The monoisotopic (exact) mass is 1190 g/mol. The SMILES string of the molecule is CC[CH]O.OC[C@H]1O[C@@H]2O[C@H]3[C@H](O)[C@@H](O)[C@@H](O[C@H]4[C@H](O)[C@@H](O)[C@@H](O[C@H]5[C@H](O)[C@@H](O)[C@@H](O[C@H]6[C@H](O)[C@@H](O)[C@@H](O[C@H]7[C@H](O)[C@@H](O)[C@@H](O[C@H]8[C@H](O)[C@@H](O)[C@@H](O[C@H]1[C@H](O)[C@H]2O)O[C@@H]8CO)O[C@@H]7CO)O[C@@H]6CO)O[C@@H]5CO)O[C@@H]4CO)O[C@@H]3CO. The molecule has 14 bridgehead atoms. The van der Waals surface area contributed by atoms with Gasteiger partial charge >= 0.3 is 0 Å². The summed E-state index contributed by atoms with van der Waals surface area (Å²) in [5.41, 5.74) is 0. The summed E-state index contributed by atoms with van der Waals surface area (Å²) in [5, 5.41) is 238. The van der Waals surface area contributed by atoms with E-state index in [-0.39, 0.29) is 0 Å². The maximum absolute atomic E-state index is 11.3. The van der Waals surface area contributed by atoms with Crippen LogP contribution in [0.1, 0.15) is 13.3 Å². The van der Waals surface area contributed by atoms with E-state index in [9.17, 15) is 107 Å². The van der Waals surface area contributed by atoms with Gasteiger partial charge in [-0.2, -0.15) is 0 Å². The Kier molecular flexibility index (Phi) is 24.4. The topological polar surface area (TPSA) is 574 Å². The Morgan fingerprint density at radius 3 is 0.420 bits per heavy atom. The summed E-state index contributed by atoms with van der Waals surface area (Å²) in [6.07, 6.45) is -69.5. The van der Waals surface area contributed by atoms with Crippen LogP contribution in [0, 0.1) is 6.61 Å². The highest BCUT2D eigenvalue weighted by molar-refractivity contribution is 5.01. The molecule has 21 aliphatic rings. The molecule has 0 unspecified atom stereocenters. The lowest BCUT2D eigenvalue weighted by Crippen LogP contribution is -2.68. The van der Waals surface area contributed by atoms with Gasteiger partial charge in [0.05, 0.1) is 52.9 Å². The van der Waals surface area contributed by atoms with Crippen LogP contribution in [0.15, 0.2) is 0 Å². The summed E-state index contributed by atoms with van der Waals surface area (Å²) in [6.45, 7) is -4.33. The van der Waals surface area contributed by atoms with Crippen LogP contribution in [0.3, 0.4) is 0 Å². The van der Waals surface area contributed by atoms with Crippen LogP contribution in [0.25, 0.3) is 0 Å². The smallest absolute Gasteiger partial charge is 0.187 e. The summed E-state index contributed by atoms with van der Waals surface area (Å²) in [5.74, 6) is 0. The highest BCUT2D eigenvalue weighted by atomic mass is 16.8. The number of rotatable bonds is 8. The third-order valence-corrected chi connectivity index (χ3v) is 15.0. The highest BCUT2D eigenvalue weighted by Gasteiger charge is 2.59. The molecule has 473 valence electrons. The molecule has 0 spiro atoms. The molecule has 22 N–H and O–H groups in total. The zero-order valence-electron chi connectivity index (χ0n) is 43.0. The first-order chi connectivity index (χ1) is 38.6. The zero-order chi connectivity index (χ0) is 59.5. The Morgan fingerprint density at radius 1 is 0.222 bits per heavy atom. The van der Waals surface area contributed by atoms with Crippen molar-refractivity contribution < 1.29 is 179 Å². The van der Waals surface area contributed by atoms with Crippen molar-refractivity contribution in [3.63, 3.8) is 0 Å². The van der Waals surface area contributed by atoms with Gasteiger partial charge in [-0.1, -0.05) is 6.92 Å². The maximum atomic E-state index is 11.3. The fourth-order valence-electron chi connectivity index (χ4n) is 10.4. The van der Waals surface area contributed by atoms with E-state index in [1.165, 1.54) is 0 Å². The Morgan fingerprint density at radius 2 is 0.333 bits per heavy atom. The molecule has 36 heteroatoms. The number of ether oxygens (including phenoxy) is 14. The van der Waals surface area contributed by atoms with Gasteiger partial charge in [-0.15, -0.1) is 0 Å². The van der Waals surface area contributed by atoms with Gasteiger partial charge in [0.1, 0.15) is 171 Å². The maximum Gasteiger partial charge on any atom is 0.187 e. The number of hydrogen-bond acceptors (Lipinski definition) is 36.